The van der Waals surface area contributed by atoms with Crippen molar-refractivity contribution in [2.45, 2.75) is 24.8 Å². The third-order valence-electron chi connectivity index (χ3n) is 5.47. The highest BCUT2D eigenvalue weighted by Gasteiger charge is 2.29. The van der Waals surface area contributed by atoms with Crippen molar-refractivity contribution in [2.24, 2.45) is 0 Å². The monoisotopic (exact) mass is 454 g/mol. The Labute approximate surface area is 182 Å². The Morgan fingerprint density at radius 3 is 2.39 bits per heavy atom. The molecular formula is C19H30N6O5S. The summed E-state index contributed by atoms with van der Waals surface area (Å²) in [6.45, 7) is 8.02. The van der Waals surface area contributed by atoms with E-state index in [1.165, 1.54) is 10.5 Å². The first-order chi connectivity index (χ1) is 14.8. The number of ether oxygens (including phenoxy) is 1. The molecule has 12 heteroatoms. The van der Waals surface area contributed by atoms with Gasteiger partial charge >= 0.3 is 6.03 Å². The van der Waals surface area contributed by atoms with Crippen molar-refractivity contribution < 1.29 is 22.7 Å². The van der Waals surface area contributed by atoms with Gasteiger partial charge in [0.05, 0.1) is 19.3 Å². The topological polar surface area (TPSA) is 124 Å². The number of carbonyl (C=O) groups excluding carboxylic acids is 2. The molecule has 3 amide bonds. The number of imide groups is 1. The fraction of sp³-hybridized carbons (Fsp3) is 0.632. The van der Waals surface area contributed by atoms with E-state index in [-0.39, 0.29) is 10.8 Å². The zero-order chi connectivity index (χ0) is 22.4. The van der Waals surface area contributed by atoms with Crippen LogP contribution in [0, 0.1) is 0 Å². The van der Waals surface area contributed by atoms with Crippen molar-refractivity contribution >= 4 is 27.8 Å². The lowest BCUT2D eigenvalue weighted by Crippen LogP contribution is -2.55. The Balaban J connectivity index is 1.55. The van der Waals surface area contributed by atoms with Crippen LogP contribution in [0.25, 0.3) is 0 Å². The van der Waals surface area contributed by atoms with Gasteiger partial charge in [-0.05, 0) is 26.0 Å². The molecule has 0 aliphatic carbocycles. The summed E-state index contributed by atoms with van der Waals surface area (Å²) >= 11 is 0. The number of rotatable bonds is 6. The lowest BCUT2D eigenvalue weighted by atomic mass is 10.2. The first-order valence-electron chi connectivity index (χ1n) is 10.4. The van der Waals surface area contributed by atoms with E-state index in [4.69, 9.17) is 4.74 Å². The van der Waals surface area contributed by atoms with Crippen LogP contribution in [0.2, 0.25) is 0 Å². The number of amides is 3. The number of aromatic nitrogens is 1. The summed E-state index contributed by atoms with van der Waals surface area (Å²) in [5, 5.41) is 4.88. The molecule has 1 unspecified atom stereocenters. The number of sulfonamides is 1. The number of carbonyl (C=O) groups is 2. The number of nitrogens with one attached hydrogen (secondary N) is 2. The van der Waals surface area contributed by atoms with Gasteiger partial charge in [0.1, 0.15) is 10.7 Å². The lowest BCUT2D eigenvalue weighted by Gasteiger charge is -2.37. The fourth-order valence-electron chi connectivity index (χ4n) is 3.57. The van der Waals surface area contributed by atoms with Crippen LogP contribution < -0.4 is 15.5 Å². The smallest absolute Gasteiger partial charge is 0.321 e. The SMILES string of the molecule is CCNC(=O)NC(=O)C(C)N1CCN(c2ccc(S(=O)(=O)N3CCOCC3)cn2)CC1. The van der Waals surface area contributed by atoms with Gasteiger partial charge in [-0.3, -0.25) is 15.0 Å². The predicted molar refractivity (Wildman–Crippen MR) is 114 cm³/mol. The zero-order valence-electron chi connectivity index (χ0n) is 17.9. The van der Waals surface area contributed by atoms with Gasteiger partial charge in [0, 0.05) is 52.0 Å². The van der Waals surface area contributed by atoms with Gasteiger partial charge in [-0.25, -0.2) is 18.2 Å². The maximum Gasteiger partial charge on any atom is 0.321 e. The molecule has 2 N–H and O–H groups in total. The second kappa shape index (κ2) is 10.4. The molecule has 1 aromatic heterocycles. The number of hydrogen-bond acceptors (Lipinski definition) is 8. The summed E-state index contributed by atoms with van der Waals surface area (Å²) in [7, 11) is -3.57. The van der Waals surface area contributed by atoms with Gasteiger partial charge in [-0.1, -0.05) is 0 Å². The number of pyridine rings is 1. The molecule has 3 rings (SSSR count). The highest BCUT2D eigenvalue weighted by Crippen LogP contribution is 2.20. The van der Waals surface area contributed by atoms with Crippen LogP contribution in [0.3, 0.4) is 0 Å². The van der Waals surface area contributed by atoms with E-state index < -0.39 is 22.1 Å². The van der Waals surface area contributed by atoms with Crippen LogP contribution in [0.1, 0.15) is 13.8 Å². The number of urea groups is 1. The standard InChI is InChI=1S/C19H30N6O5S/c1-3-20-19(27)22-18(26)15(2)23-6-8-24(9-7-23)17-5-4-16(14-21-17)31(28,29)25-10-12-30-13-11-25/h4-5,14-15H,3,6-13H2,1-2H3,(H2,20,22,26,27). The van der Waals surface area contributed by atoms with Gasteiger partial charge in [0.15, 0.2) is 0 Å². The van der Waals surface area contributed by atoms with E-state index in [9.17, 15) is 18.0 Å². The van der Waals surface area contributed by atoms with Gasteiger partial charge in [0.25, 0.3) is 0 Å². The van der Waals surface area contributed by atoms with Crippen LogP contribution in [-0.4, -0.2) is 99.6 Å². The van der Waals surface area contributed by atoms with E-state index in [0.29, 0.717) is 64.8 Å². The third-order valence-corrected chi connectivity index (χ3v) is 7.35. The second-order valence-electron chi connectivity index (χ2n) is 7.42. The van der Waals surface area contributed by atoms with Gasteiger partial charge < -0.3 is 15.0 Å². The minimum Gasteiger partial charge on any atom is -0.379 e. The predicted octanol–water partition coefficient (Wildman–Crippen LogP) is -0.541. The van der Waals surface area contributed by atoms with E-state index in [1.807, 2.05) is 4.90 Å². The Morgan fingerprint density at radius 2 is 1.81 bits per heavy atom. The molecule has 172 valence electrons. The first kappa shape index (κ1) is 23.4. The van der Waals surface area contributed by atoms with Crippen LogP contribution in [0.15, 0.2) is 23.2 Å². The maximum atomic E-state index is 12.7. The highest BCUT2D eigenvalue weighted by atomic mass is 32.2. The molecule has 11 nitrogen and oxygen atoms in total. The minimum absolute atomic E-state index is 0.174. The Kier molecular flexibility index (Phi) is 7.81. The van der Waals surface area contributed by atoms with E-state index in [1.54, 1.807) is 26.0 Å². The molecule has 3 heterocycles. The normalized spacial score (nSPS) is 19.6. The number of anilines is 1. The zero-order valence-corrected chi connectivity index (χ0v) is 18.7. The molecule has 2 aliphatic heterocycles. The van der Waals surface area contributed by atoms with Crippen LogP contribution >= 0.6 is 0 Å². The number of nitrogens with zero attached hydrogens (tertiary/aromatic N) is 4. The molecule has 0 bridgehead atoms. The van der Waals surface area contributed by atoms with Crippen LogP contribution in [-0.2, 0) is 19.6 Å². The molecule has 2 fully saturated rings. The summed E-state index contributed by atoms with van der Waals surface area (Å²) < 4.78 is 32.1. The van der Waals surface area contributed by atoms with Crippen molar-refractivity contribution in [1.82, 2.24) is 24.8 Å². The fourth-order valence-corrected chi connectivity index (χ4v) is 4.93. The van der Waals surface area contributed by atoms with Gasteiger partial charge in [-0.15, -0.1) is 0 Å². The number of hydrogen-bond donors (Lipinski definition) is 2. The Hall–Kier alpha value is -2.28. The molecule has 1 aromatic rings. The number of piperazine rings is 1. The largest absolute Gasteiger partial charge is 0.379 e. The maximum absolute atomic E-state index is 12.7. The van der Waals surface area contributed by atoms with Crippen LogP contribution in [0.5, 0.6) is 0 Å². The summed E-state index contributed by atoms with van der Waals surface area (Å²) in [6, 6.07) is 2.38. The average Bonchev–Trinajstić information content (AvgIpc) is 2.79. The summed E-state index contributed by atoms with van der Waals surface area (Å²) in [5.41, 5.74) is 0. The quantitative estimate of drug-likeness (QED) is 0.587. The molecule has 0 aromatic carbocycles. The number of morpholine rings is 1. The van der Waals surface area contributed by atoms with Crippen molar-refractivity contribution in [3.05, 3.63) is 18.3 Å². The molecular weight excluding hydrogens is 424 g/mol. The van der Waals surface area contributed by atoms with Crippen molar-refractivity contribution in [2.75, 3.05) is 63.9 Å². The molecule has 2 saturated heterocycles. The molecule has 0 radical (unpaired) electrons. The third kappa shape index (κ3) is 5.70. The van der Waals surface area contributed by atoms with E-state index in [0.717, 1.165) is 0 Å². The molecule has 31 heavy (non-hydrogen) atoms. The Bertz CT molecular complexity index is 864. The lowest BCUT2D eigenvalue weighted by molar-refractivity contribution is -0.124. The van der Waals surface area contributed by atoms with Crippen molar-refractivity contribution in [3.63, 3.8) is 0 Å². The van der Waals surface area contributed by atoms with E-state index in [2.05, 4.69) is 20.5 Å². The highest BCUT2D eigenvalue weighted by molar-refractivity contribution is 7.89. The summed E-state index contributed by atoms with van der Waals surface area (Å²) in [6.07, 6.45) is 1.40. The summed E-state index contributed by atoms with van der Waals surface area (Å²) in [4.78, 5) is 32.4. The average molecular weight is 455 g/mol. The van der Waals surface area contributed by atoms with Gasteiger partial charge in [0.2, 0.25) is 15.9 Å². The van der Waals surface area contributed by atoms with E-state index >= 15 is 0 Å². The summed E-state index contributed by atoms with van der Waals surface area (Å²) in [5.74, 6) is 0.357. The van der Waals surface area contributed by atoms with Crippen molar-refractivity contribution in [1.29, 1.82) is 0 Å². The molecule has 0 saturated carbocycles. The molecule has 0 spiro atoms. The molecule has 2 aliphatic rings. The molecule has 1 atom stereocenters. The van der Waals surface area contributed by atoms with Crippen LogP contribution in [0.4, 0.5) is 10.6 Å². The Morgan fingerprint density at radius 1 is 1.13 bits per heavy atom. The van der Waals surface area contributed by atoms with Gasteiger partial charge in [-0.2, -0.15) is 4.31 Å². The second-order valence-corrected chi connectivity index (χ2v) is 9.35. The minimum atomic E-state index is -3.57. The first-order valence-corrected chi connectivity index (χ1v) is 11.9. The van der Waals surface area contributed by atoms with Crippen molar-refractivity contribution in [3.8, 4) is 0 Å².